The standard InChI is InChI=1S/C17H18F3N3O2S/c1-25-14-10-23(13-4-2-3-11(9-13)17(18,19)20)22-15(14)16(24)21-12-5-7-26-8-6-12/h2-4,9-10,12H,5-8H2,1H3,(H,21,24). The van der Waals surface area contributed by atoms with Crippen LogP contribution in [0.4, 0.5) is 13.2 Å². The van der Waals surface area contributed by atoms with Crippen molar-refractivity contribution in [2.24, 2.45) is 0 Å². The molecule has 0 bridgehead atoms. The number of aromatic nitrogens is 2. The van der Waals surface area contributed by atoms with E-state index in [2.05, 4.69) is 10.4 Å². The summed E-state index contributed by atoms with van der Waals surface area (Å²) in [6.45, 7) is 0. The minimum Gasteiger partial charge on any atom is -0.493 e. The average Bonchev–Trinajstić information content (AvgIpc) is 3.06. The zero-order chi connectivity index (χ0) is 18.7. The Labute approximate surface area is 152 Å². The van der Waals surface area contributed by atoms with Gasteiger partial charge >= 0.3 is 6.18 Å². The van der Waals surface area contributed by atoms with Crippen LogP contribution in [0.25, 0.3) is 5.69 Å². The van der Waals surface area contributed by atoms with E-state index in [0.717, 1.165) is 36.5 Å². The number of hydrogen-bond acceptors (Lipinski definition) is 4. The number of methoxy groups -OCH3 is 1. The van der Waals surface area contributed by atoms with E-state index in [1.54, 1.807) is 0 Å². The maximum absolute atomic E-state index is 12.9. The fraction of sp³-hybridized carbons (Fsp3) is 0.412. The lowest BCUT2D eigenvalue weighted by atomic mass is 10.1. The monoisotopic (exact) mass is 385 g/mol. The van der Waals surface area contributed by atoms with Gasteiger partial charge in [0.05, 0.1) is 24.6 Å². The molecule has 26 heavy (non-hydrogen) atoms. The van der Waals surface area contributed by atoms with Crippen LogP contribution in [-0.2, 0) is 6.18 Å². The summed E-state index contributed by atoms with van der Waals surface area (Å²) >= 11 is 1.85. The first-order chi connectivity index (χ1) is 12.4. The van der Waals surface area contributed by atoms with Crippen LogP contribution in [-0.4, -0.2) is 40.3 Å². The Bertz CT molecular complexity index is 786. The molecule has 140 valence electrons. The quantitative estimate of drug-likeness (QED) is 0.875. The topological polar surface area (TPSA) is 56.2 Å². The van der Waals surface area contributed by atoms with Gasteiger partial charge in [0.15, 0.2) is 11.4 Å². The molecule has 2 aromatic rings. The van der Waals surface area contributed by atoms with Gasteiger partial charge in [0, 0.05) is 6.04 Å². The van der Waals surface area contributed by atoms with Crippen LogP contribution in [0, 0.1) is 0 Å². The van der Waals surface area contributed by atoms with Gasteiger partial charge in [-0.15, -0.1) is 0 Å². The van der Waals surface area contributed by atoms with Crippen LogP contribution < -0.4 is 10.1 Å². The molecule has 1 aliphatic rings. The van der Waals surface area contributed by atoms with Gasteiger partial charge in [0.2, 0.25) is 0 Å². The van der Waals surface area contributed by atoms with E-state index in [1.807, 2.05) is 11.8 Å². The minimum atomic E-state index is -4.45. The van der Waals surface area contributed by atoms with E-state index < -0.39 is 11.7 Å². The van der Waals surface area contributed by atoms with Crippen LogP contribution in [0.2, 0.25) is 0 Å². The molecule has 9 heteroatoms. The summed E-state index contributed by atoms with van der Waals surface area (Å²) in [5.41, 5.74) is -0.524. The van der Waals surface area contributed by atoms with Gasteiger partial charge in [-0.1, -0.05) is 6.07 Å². The summed E-state index contributed by atoms with van der Waals surface area (Å²) in [6, 6.07) is 4.82. The smallest absolute Gasteiger partial charge is 0.416 e. The normalized spacial score (nSPS) is 15.7. The predicted octanol–water partition coefficient (Wildman–Crippen LogP) is 3.53. The molecule has 5 nitrogen and oxygen atoms in total. The number of carbonyl (C=O) groups excluding carboxylic acids is 1. The predicted molar refractivity (Wildman–Crippen MR) is 92.9 cm³/mol. The van der Waals surface area contributed by atoms with Crippen LogP contribution in [0.15, 0.2) is 30.5 Å². The number of carbonyl (C=O) groups is 1. The molecule has 1 aromatic heterocycles. The van der Waals surface area contributed by atoms with Crippen LogP contribution in [0.5, 0.6) is 5.75 Å². The largest absolute Gasteiger partial charge is 0.493 e. The van der Waals surface area contributed by atoms with Crippen molar-refractivity contribution in [2.75, 3.05) is 18.6 Å². The maximum Gasteiger partial charge on any atom is 0.416 e. The van der Waals surface area contributed by atoms with Gasteiger partial charge in [-0.3, -0.25) is 4.79 Å². The molecular weight excluding hydrogens is 367 g/mol. The third kappa shape index (κ3) is 4.14. The van der Waals surface area contributed by atoms with Crippen LogP contribution in [0.3, 0.4) is 0 Å². The second kappa shape index (κ2) is 7.61. The van der Waals surface area contributed by atoms with Gasteiger partial charge in [-0.05, 0) is 42.5 Å². The van der Waals surface area contributed by atoms with Crippen LogP contribution >= 0.6 is 11.8 Å². The van der Waals surface area contributed by atoms with E-state index in [1.165, 1.54) is 30.1 Å². The highest BCUT2D eigenvalue weighted by Crippen LogP contribution is 2.31. The lowest BCUT2D eigenvalue weighted by molar-refractivity contribution is -0.137. The van der Waals surface area contributed by atoms with Crippen LogP contribution in [0.1, 0.15) is 28.9 Å². The Morgan fingerprint density at radius 3 is 2.73 bits per heavy atom. The molecule has 0 aliphatic carbocycles. The van der Waals surface area contributed by atoms with E-state index in [4.69, 9.17) is 4.74 Å². The molecule has 0 atom stereocenters. The molecule has 0 unspecified atom stereocenters. The molecule has 0 radical (unpaired) electrons. The second-order valence-corrected chi connectivity index (χ2v) is 7.12. The Morgan fingerprint density at radius 2 is 2.08 bits per heavy atom. The van der Waals surface area contributed by atoms with Gasteiger partial charge in [0.1, 0.15) is 0 Å². The average molecular weight is 385 g/mol. The van der Waals surface area contributed by atoms with E-state index in [9.17, 15) is 18.0 Å². The molecule has 2 heterocycles. The van der Waals surface area contributed by atoms with Crippen molar-refractivity contribution in [1.82, 2.24) is 15.1 Å². The Morgan fingerprint density at radius 1 is 1.35 bits per heavy atom. The number of benzene rings is 1. The van der Waals surface area contributed by atoms with Crippen molar-refractivity contribution in [3.8, 4) is 11.4 Å². The van der Waals surface area contributed by atoms with Gasteiger partial charge in [-0.2, -0.15) is 30.0 Å². The number of amides is 1. The zero-order valence-electron chi connectivity index (χ0n) is 14.0. The highest BCUT2D eigenvalue weighted by molar-refractivity contribution is 7.99. The summed E-state index contributed by atoms with van der Waals surface area (Å²) in [4.78, 5) is 12.5. The SMILES string of the molecule is COc1cn(-c2cccc(C(F)(F)F)c2)nc1C(=O)NC1CCSCC1. The molecular formula is C17H18F3N3O2S. The lowest BCUT2D eigenvalue weighted by Crippen LogP contribution is -2.37. The number of rotatable bonds is 4. The Hall–Kier alpha value is -2.16. The molecule has 1 saturated heterocycles. The Kier molecular flexibility index (Phi) is 5.45. The minimum absolute atomic E-state index is 0.0585. The molecule has 3 rings (SSSR count). The zero-order valence-corrected chi connectivity index (χ0v) is 14.9. The first-order valence-corrected chi connectivity index (χ1v) is 9.24. The number of thioether (sulfide) groups is 1. The van der Waals surface area contributed by atoms with Gasteiger partial charge < -0.3 is 10.1 Å². The number of halogens is 3. The fourth-order valence-corrected chi connectivity index (χ4v) is 3.82. The molecule has 1 aromatic carbocycles. The fourth-order valence-electron chi connectivity index (χ4n) is 2.72. The highest BCUT2D eigenvalue weighted by Gasteiger charge is 2.31. The number of ether oxygens (including phenoxy) is 1. The van der Waals surface area contributed by atoms with Crippen molar-refractivity contribution in [1.29, 1.82) is 0 Å². The summed E-state index contributed by atoms with van der Waals surface area (Å²) in [6.07, 6.45) is -1.28. The number of nitrogens with zero attached hydrogens (tertiary/aromatic N) is 2. The molecule has 1 amide bonds. The molecule has 1 fully saturated rings. The van der Waals surface area contributed by atoms with Crippen molar-refractivity contribution in [3.05, 3.63) is 41.7 Å². The first kappa shape index (κ1) is 18.6. The van der Waals surface area contributed by atoms with E-state index in [-0.39, 0.29) is 29.1 Å². The van der Waals surface area contributed by atoms with Gasteiger partial charge in [0.25, 0.3) is 5.91 Å². The molecule has 0 spiro atoms. The highest BCUT2D eigenvalue weighted by atomic mass is 32.2. The van der Waals surface area contributed by atoms with Crippen molar-refractivity contribution in [3.63, 3.8) is 0 Å². The second-order valence-electron chi connectivity index (χ2n) is 5.90. The summed E-state index contributed by atoms with van der Waals surface area (Å²) < 4.78 is 45.1. The van der Waals surface area contributed by atoms with Gasteiger partial charge in [-0.25, -0.2) is 4.68 Å². The first-order valence-electron chi connectivity index (χ1n) is 8.08. The lowest BCUT2D eigenvalue weighted by Gasteiger charge is -2.22. The number of nitrogens with one attached hydrogen (secondary N) is 1. The molecule has 1 N–H and O–H groups in total. The number of hydrogen-bond donors (Lipinski definition) is 1. The summed E-state index contributed by atoms with van der Waals surface area (Å²) in [5.74, 6) is 1.80. The molecule has 1 aliphatic heterocycles. The van der Waals surface area contributed by atoms with Crippen molar-refractivity contribution in [2.45, 2.75) is 25.1 Å². The van der Waals surface area contributed by atoms with Crippen molar-refractivity contribution < 1.29 is 22.7 Å². The number of alkyl halides is 3. The Balaban J connectivity index is 1.85. The molecule has 0 saturated carbocycles. The third-order valence-corrected chi connectivity index (χ3v) is 5.16. The van der Waals surface area contributed by atoms with E-state index >= 15 is 0 Å². The third-order valence-electron chi connectivity index (χ3n) is 4.11. The van der Waals surface area contributed by atoms with Crippen molar-refractivity contribution >= 4 is 17.7 Å². The maximum atomic E-state index is 12.9. The van der Waals surface area contributed by atoms with E-state index in [0.29, 0.717) is 0 Å². The summed E-state index contributed by atoms with van der Waals surface area (Å²) in [7, 11) is 1.39. The summed E-state index contributed by atoms with van der Waals surface area (Å²) in [5, 5.41) is 7.07.